The van der Waals surface area contributed by atoms with Crippen LogP contribution in [0.4, 0.5) is 11.4 Å². The molecular weight excluding hydrogens is 446 g/mol. The van der Waals surface area contributed by atoms with Crippen LogP contribution in [0.25, 0.3) is 11.1 Å². The van der Waals surface area contributed by atoms with Crippen LogP contribution in [0, 0.1) is 56.7 Å². The molecule has 0 unspecified atom stereocenters. The van der Waals surface area contributed by atoms with Gasteiger partial charge in [0.1, 0.15) is 35.4 Å². The van der Waals surface area contributed by atoms with Gasteiger partial charge in [-0.1, -0.05) is 24.3 Å². The number of anilines is 2. The van der Waals surface area contributed by atoms with Gasteiger partial charge in [0.2, 0.25) is 0 Å². The fraction of sp³-hybridized carbons (Fsp3) is 0.207. The van der Waals surface area contributed by atoms with Crippen molar-refractivity contribution in [2.45, 2.75) is 12.8 Å². The summed E-state index contributed by atoms with van der Waals surface area (Å²) >= 11 is 0. The molecule has 36 heavy (non-hydrogen) atoms. The Hall–Kier alpha value is -5.29. The van der Waals surface area contributed by atoms with Gasteiger partial charge in [-0.2, -0.15) is 26.3 Å². The third-order valence-electron chi connectivity index (χ3n) is 5.97. The summed E-state index contributed by atoms with van der Waals surface area (Å²) in [5, 5.41) is 48.6. The molecule has 1 aliphatic heterocycles. The second kappa shape index (κ2) is 11.7. The highest BCUT2D eigenvalue weighted by Gasteiger charge is 2.19. The Morgan fingerprint density at radius 3 is 1.72 bits per heavy atom. The number of rotatable bonds is 6. The van der Waals surface area contributed by atoms with Crippen molar-refractivity contribution in [1.29, 1.82) is 26.3 Å². The van der Waals surface area contributed by atoms with E-state index in [1.807, 2.05) is 67.5 Å². The normalized spacial score (nSPS) is 12.2. The van der Waals surface area contributed by atoms with E-state index in [1.165, 1.54) is 6.08 Å². The lowest BCUT2D eigenvalue weighted by Crippen LogP contribution is -2.17. The first-order chi connectivity index (χ1) is 17.5. The molecule has 0 aliphatic carbocycles. The summed E-state index contributed by atoms with van der Waals surface area (Å²) in [4.78, 5) is 4.17. The summed E-state index contributed by atoms with van der Waals surface area (Å²) in [5.74, 6) is 0. The molecule has 0 saturated carbocycles. The Labute approximate surface area is 211 Å². The average molecular weight is 470 g/mol. The van der Waals surface area contributed by atoms with Gasteiger partial charge in [0.05, 0.1) is 11.6 Å². The number of benzene rings is 2. The predicted octanol–water partition coefficient (Wildman–Crippen LogP) is 5.10. The Kier molecular flexibility index (Phi) is 8.25. The molecule has 1 fully saturated rings. The van der Waals surface area contributed by atoms with E-state index in [0.717, 1.165) is 37.3 Å². The molecule has 1 saturated heterocycles. The number of hydrogen-bond acceptors (Lipinski definition) is 7. The first-order valence-corrected chi connectivity index (χ1v) is 11.3. The van der Waals surface area contributed by atoms with Crippen LogP contribution in [0.1, 0.15) is 24.0 Å². The molecule has 1 heterocycles. The SMILES string of the molecule is CN(C)c1ccc(C(/C=C(\C#N)C(=C(C#N)C#N)c2ccc(N3CCCC3)cc2)=C(C#N)C#N)cc1. The van der Waals surface area contributed by atoms with Crippen molar-refractivity contribution in [1.82, 2.24) is 0 Å². The monoisotopic (exact) mass is 469 g/mol. The quantitative estimate of drug-likeness (QED) is 0.425. The molecular formula is C29H23N7. The number of nitrogens with zero attached hydrogens (tertiary/aromatic N) is 7. The molecule has 2 aromatic carbocycles. The van der Waals surface area contributed by atoms with Gasteiger partial charge >= 0.3 is 0 Å². The maximum atomic E-state index is 10.1. The molecule has 0 bridgehead atoms. The number of allylic oxidation sites excluding steroid dienone is 6. The molecule has 0 spiro atoms. The highest BCUT2D eigenvalue weighted by atomic mass is 15.1. The lowest BCUT2D eigenvalue weighted by molar-refractivity contribution is 0.949. The molecule has 0 aromatic heterocycles. The smallest absolute Gasteiger partial charge is 0.138 e. The molecule has 174 valence electrons. The van der Waals surface area contributed by atoms with E-state index < -0.39 is 0 Å². The fourth-order valence-electron chi connectivity index (χ4n) is 4.07. The van der Waals surface area contributed by atoms with Crippen molar-refractivity contribution in [3.63, 3.8) is 0 Å². The second-order valence-electron chi connectivity index (χ2n) is 8.34. The summed E-state index contributed by atoms with van der Waals surface area (Å²) in [6, 6.07) is 24.2. The van der Waals surface area contributed by atoms with Crippen LogP contribution in [0.2, 0.25) is 0 Å². The second-order valence-corrected chi connectivity index (χ2v) is 8.34. The van der Waals surface area contributed by atoms with Crippen molar-refractivity contribution in [3.05, 3.63) is 82.5 Å². The molecule has 7 heteroatoms. The third kappa shape index (κ3) is 5.43. The molecule has 0 amide bonds. The molecule has 0 N–H and O–H groups in total. The van der Waals surface area contributed by atoms with Crippen LogP contribution >= 0.6 is 0 Å². The number of hydrogen-bond donors (Lipinski definition) is 0. The summed E-state index contributed by atoms with van der Waals surface area (Å²) in [7, 11) is 3.79. The average Bonchev–Trinajstić information content (AvgIpc) is 3.45. The van der Waals surface area contributed by atoms with E-state index in [0.29, 0.717) is 11.1 Å². The first-order valence-electron chi connectivity index (χ1n) is 11.3. The molecule has 3 rings (SSSR count). The van der Waals surface area contributed by atoms with Crippen molar-refractivity contribution in [3.8, 4) is 30.3 Å². The fourth-order valence-corrected chi connectivity index (χ4v) is 4.07. The van der Waals surface area contributed by atoms with Crippen molar-refractivity contribution in [2.75, 3.05) is 37.0 Å². The van der Waals surface area contributed by atoms with E-state index >= 15 is 0 Å². The van der Waals surface area contributed by atoms with Gasteiger partial charge in [-0.25, -0.2) is 0 Å². The summed E-state index contributed by atoms with van der Waals surface area (Å²) < 4.78 is 0. The maximum absolute atomic E-state index is 10.1. The largest absolute Gasteiger partial charge is 0.378 e. The summed E-state index contributed by atoms with van der Waals surface area (Å²) in [5.41, 5.74) is 3.05. The summed E-state index contributed by atoms with van der Waals surface area (Å²) in [6.45, 7) is 1.94. The van der Waals surface area contributed by atoms with E-state index in [1.54, 1.807) is 24.3 Å². The predicted molar refractivity (Wildman–Crippen MR) is 139 cm³/mol. The van der Waals surface area contributed by atoms with Gasteiger partial charge < -0.3 is 9.80 Å². The minimum atomic E-state index is -0.227. The van der Waals surface area contributed by atoms with Crippen molar-refractivity contribution >= 4 is 22.5 Å². The van der Waals surface area contributed by atoms with Crippen LogP contribution in [-0.4, -0.2) is 27.2 Å². The highest BCUT2D eigenvalue weighted by Crippen LogP contribution is 2.32. The van der Waals surface area contributed by atoms with Gasteiger partial charge in [-0.3, -0.25) is 0 Å². The highest BCUT2D eigenvalue weighted by molar-refractivity contribution is 5.94. The molecule has 2 aromatic rings. The van der Waals surface area contributed by atoms with E-state index in [9.17, 15) is 26.3 Å². The molecule has 0 atom stereocenters. The molecule has 7 nitrogen and oxygen atoms in total. The van der Waals surface area contributed by atoms with Gasteiger partial charge in [0.15, 0.2) is 0 Å². The summed E-state index contributed by atoms with van der Waals surface area (Å²) in [6.07, 6.45) is 3.67. The first kappa shape index (κ1) is 25.3. The van der Waals surface area contributed by atoms with Gasteiger partial charge in [-0.05, 0) is 54.3 Å². The Morgan fingerprint density at radius 2 is 1.25 bits per heavy atom. The van der Waals surface area contributed by atoms with Crippen LogP contribution in [0.5, 0.6) is 0 Å². The van der Waals surface area contributed by atoms with Crippen LogP contribution in [0.15, 0.2) is 71.3 Å². The Balaban J connectivity index is 2.19. The number of nitriles is 5. The van der Waals surface area contributed by atoms with E-state index in [4.69, 9.17) is 0 Å². The van der Waals surface area contributed by atoms with E-state index in [-0.39, 0.29) is 27.9 Å². The molecule has 0 radical (unpaired) electrons. The van der Waals surface area contributed by atoms with Gasteiger partial charge in [-0.15, -0.1) is 0 Å². The maximum Gasteiger partial charge on any atom is 0.138 e. The topological polar surface area (TPSA) is 125 Å². The lowest BCUT2D eigenvalue weighted by atomic mass is 9.90. The third-order valence-corrected chi connectivity index (χ3v) is 5.97. The van der Waals surface area contributed by atoms with Crippen LogP contribution in [0.3, 0.4) is 0 Å². The molecule has 1 aliphatic rings. The van der Waals surface area contributed by atoms with Gasteiger partial charge in [0, 0.05) is 49.7 Å². The Bertz CT molecular complexity index is 1400. The van der Waals surface area contributed by atoms with Crippen molar-refractivity contribution in [2.24, 2.45) is 0 Å². The minimum absolute atomic E-state index is 0.0108. The Morgan fingerprint density at radius 1 is 0.722 bits per heavy atom. The van der Waals surface area contributed by atoms with E-state index in [2.05, 4.69) is 11.0 Å². The zero-order chi connectivity index (χ0) is 26.1. The van der Waals surface area contributed by atoms with Crippen molar-refractivity contribution < 1.29 is 0 Å². The van der Waals surface area contributed by atoms with Crippen LogP contribution < -0.4 is 9.80 Å². The zero-order valence-corrected chi connectivity index (χ0v) is 20.2. The van der Waals surface area contributed by atoms with Gasteiger partial charge in [0.25, 0.3) is 0 Å². The standard InChI is InChI=1S/C29H23N7/c1-35(2)26-9-5-21(6-10-26)28(24(17-31)18-32)15-23(16-30)29(25(19-33)20-34)22-7-11-27(12-8-22)36-13-3-4-14-36/h5-12,15H,3-4,13-14H2,1-2H3/b23-15+. The minimum Gasteiger partial charge on any atom is -0.378 e. The lowest BCUT2D eigenvalue weighted by Gasteiger charge is -2.18. The zero-order valence-electron chi connectivity index (χ0n) is 20.2. The van der Waals surface area contributed by atoms with Crippen LogP contribution in [-0.2, 0) is 0 Å².